The van der Waals surface area contributed by atoms with Crippen molar-refractivity contribution < 1.29 is 19.5 Å². The van der Waals surface area contributed by atoms with E-state index in [4.69, 9.17) is 10.8 Å². The van der Waals surface area contributed by atoms with Gasteiger partial charge in [0, 0.05) is 23.3 Å². The quantitative estimate of drug-likeness (QED) is 0.411. The fourth-order valence-corrected chi connectivity index (χ4v) is 3.45. The Bertz CT molecular complexity index is 1050. The molecule has 0 unspecified atom stereocenters. The van der Waals surface area contributed by atoms with Crippen LogP contribution in [0.15, 0.2) is 48.5 Å². The van der Waals surface area contributed by atoms with Gasteiger partial charge in [0.2, 0.25) is 0 Å². The molecule has 0 spiro atoms. The molecule has 7 heteroatoms. The first-order valence-corrected chi connectivity index (χ1v) is 8.91. The number of nitrogens with zero attached hydrogens (tertiary/aromatic N) is 1. The lowest BCUT2D eigenvalue weighted by atomic mass is 10.0. The monoisotopic (exact) mass is 379 g/mol. The summed E-state index contributed by atoms with van der Waals surface area (Å²) < 4.78 is 1.98. The Morgan fingerprint density at radius 2 is 1.79 bits per heavy atom. The molecule has 7 nitrogen and oxygen atoms in total. The number of rotatable bonds is 8. The molecular weight excluding hydrogens is 358 g/mol. The summed E-state index contributed by atoms with van der Waals surface area (Å²) in [6.45, 7) is 2.10. The summed E-state index contributed by atoms with van der Waals surface area (Å²) in [5.41, 5.74) is 8.48. The van der Waals surface area contributed by atoms with E-state index >= 15 is 0 Å². The van der Waals surface area contributed by atoms with Crippen molar-refractivity contribution in [2.45, 2.75) is 19.9 Å². The number of ketones is 1. The minimum atomic E-state index is -1.04. The maximum atomic E-state index is 12.7. The molecular formula is C21H21N3O4. The standard InChI is InChI=1S/C21H21N3O4/c1-2-15-19(20(27)21(22)28)18-14(23-11-17(25)26)9-6-10-16(18)24(15)12-13-7-4-3-5-8-13/h3-10,23H,2,11-12H2,1H3,(H2,22,28)(H,25,26). The van der Waals surface area contributed by atoms with E-state index in [0.717, 1.165) is 11.1 Å². The third-order valence-electron chi connectivity index (χ3n) is 4.60. The van der Waals surface area contributed by atoms with Gasteiger partial charge in [0.25, 0.3) is 11.7 Å². The number of aromatic nitrogens is 1. The molecule has 3 rings (SSSR count). The lowest BCUT2D eigenvalue weighted by Crippen LogP contribution is -2.24. The maximum Gasteiger partial charge on any atom is 0.322 e. The van der Waals surface area contributed by atoms with Crippen LogP contribution in [0.2, 0.25) is 0 Å². The molecule has 4 N–H and O–H groups in total. The molecule has 144 valence electrons. The van der Waals surface area contributed by atoms with Crippen LogP contribution in [-0.2, 0) is 22.6 Å². The van der Waals surface area contributed by atoms with Crippen molar-refractivity contribution in [3.05, 3.63) is 65.4 Å². The average molecular weight is 379 g/mol. The number of nitrogens with two attached hydrogens (primary N) is 1. The van der Waals surface area contributed by atoms with Crippen LogP contribution in [0.5, 0.6) is 0 Å². The molecule has 28 heavy (non-hydrogen) atoms. The number of hydrogen-bond donors (Lipinski definition) is 3. The third kappa shape index (κ3) is 3.59. The number of carbonyl (C=O) groups excluding carboxylic acids is 2. The maximum absolute atomic E-state index is 12.7. The van der Waals surface area contributed by atoms with Gasteiger partial charge in [0.1, 0.15) is 6.54 Å². The number of nitrogens with one attached hydrogen (secondary N) is 1. The normalized spacial score (nSPS) is 10.8. The van der Waals surface area contributed by atoms with Gasteiger partial charge in [-0.15, -0.1) is 0 Å². The van der Waals surface area contributed by atoms with Gasteiger partial charge in [-0.1, -0.05) is 43.3 Å². The molecule has 0 radical (unpaired) electrons. The molecule has 1 heterocycles. The molecule has 1 aromatic heterocycles. The molecule has 0 aliphatic carbocycles. The molecule has 0 aliphatic heterocycles. The fraction of sp³-hybridized carbons (Fsp3) is 0.190. The van der Waals surface area contributed by atoms with E-state index in [1.165, 1.54) is 0 Å². The molecule has 0 saturated heterocycles. The van der Waals surface area contributed by atoms with Gasteiger partial charge in [-0.25, -0.2) is 0 Å². The predicted molar refractivity (Wildman–Crippen MR) is 107 cm³/mol. The molecule has 0 atom stereocenters. The van der Waals surface area contributed by atoms with Gasteiger partial charge in [0.05, 0.1) is 11.1 Å². The number of amides is 1. The molecule has 0 bridgehead atoms. The number of aliphatic carboxylic acids is 1. The minimum absolute atomic E-state index is 0.231. The van der Waals surface area contributed by atoms with Gasteiger partial charge < -0.3 is 20.7 Å². The van der Waals surface area contributed by atoms with Crippen LogP contribution in [0.1, 0.15) is 28.5 Å². The third-order valence-corrected chi connectivity index (χ3v) is 4.60. The highest BCUT2D eigenvalue weighted by Crippen LogP contribution is 2.34. The van der Waals surface area contributed by atoms with Gasteiger partial charge in [-0.2, -0.15) is 0 Å². The molecule has 0 fully saturated rings. The zero-order valence-electron chi connectivity index (χ0n) is 15.4. The average Bonchev–Trinajstić information content (AvgIpc) is 3.00. The van der Waals surface area contributed by atoms with Crippen LogP contribution >= 0.6 is 0 Å². The van der Waals surface area contributed by atoms with Crippen molar-refractivity contribution in [1.82, 2.24) is 4.57 Å². The van der Waals surface area contributed by atoms with Crippen LogP contribution in [0.25, 0.3) is 10.9 Å². The van der Waals surface area contributed by atoms with E-state index in [1.807, 2.05) is 47.9 Å². The summed E-state index contributed by atoms with van der Waals surface area (Å²) in [6, 6.07) is 15.1. The summed E-state index contributed by atoms with van der Waals surface area (Å²) in [6.07, 6.45) is 0.508. The fourth-order valence-electron chi connectivity index (χ4n) is 3.45. The van der Waals surface area contributed by atoms with Crippen molar-refractivity contribution >= 4 is 34.3 Å². The second kappa shape index (κ2) is 7.96. The van der Waals surface area contributed by atoms with Gasteiger partial charge >= 0.3 is 5.97 Å². The van der Waals surface area contributed by atoms with Crippen molar-refractivity contribution in [2.75, 3.05) is 11.9 Å². The Balaban J connectivity index is 2.27. The largest absolute Gasteiger partial charge is 0.480 e. The number of anilines is 1. The summed E-state index contributed by atoms with van der Waals surface area (Å²) in [5.74, 6) is -2.85. The van der Waals surface area contributed by atoms with Gasteiger partial charge in [0.15, 0.2) is 0 Å². The molecule has 0 saturated carbocycles. The highest BCUT2D eigenvalue weighted by atomic mass is 16.4. The predicted octanol–water partition coefficient (Wildman–Crippen LogP) is 2.42. The van der Waals surface area contributed by atoms with Crippen molar-refractivity contribution in [1.29, 1.82) is 0 Å². The number of Topliss-reactive ketones (excluding diaryl/α,β-unsaturated/α-hetero) is 1. The lowest BCUT2D eigenvalue weighted by molar-refractivity contribution is -0.134. The van der Waals surface area contributed by atoms with Crippen LogP contribution in [0.3, 0.4) is 0 Å². The SMILES string of the molecule is CCc1c(C(=O)C(N)=O)c2c(NCC(=O)O)cccc2n1Cc1ccccc1. The molecule has 0 aliphatic rings. The van der Waals surface area contributed by atoms with Crippen molar-refractivity contribution in [3.8, 4) is 0 Å². The summed E-state index contributed by atoms with van der Waals surface area (Å²) in [7, 11) is 0. The van der Waals surface area contributed by atoms with Crippen molar-refractivity contribution in [3.63, 3.8) is 0 Å². The van der Waals surface area contributed by atoms with Gasteiger partial charge in [-0.3, -0.25) is 14.4 Å². The number of benzene rings is 2. The number of fused-ring (bicyclic) bond motifs is 1. The Kier molecular flexibility index (Phi) is 5.44. The highest BCUT2D eigenvalue weighted by Gasteiger charge is 2.26. The smallest absolute Gasteiger partial charge is 0.322 e. The van der Waals surface area contributed by atoms with E-state index in [0.29, 0.717) is 29.7 Å². The Morgan fingerprint density at radius 3 is 2.39 bits per heavy atom. The molecule has 3 aromatic rings. The molecule has 2 aromatic carbocycles. The van der Waals surface area contributed by atoms with E-state index in [1.54, 1.807) is 12.1 Å². The Labute approximate surface area is 161 Å². The number of carbonyl (C=O) groups is 3. The first-order valence-electron chi connectivity index (χ1n) is 8.91. The van der Waals surface area contributed by atoms with E-state index < -0.39 is 17.7 Å². The first-order chi connectivity index (χ1) is 13.4. The van der Waals surface area contributed by atoms with Crippen LogP contribution in [-0.4, -0.2) is 33.9 Å². The number of carboxylic acid groups (broad SMARTS) is 1. The second-order valence-electron chi connectivity index (χ2n) is 6.39. The van der Waals surface area contributed by atoms with E-state index in [9.17, 15) is 14.4 Å². The summed E-state index contributed by atoms with van der Waals surface area (Å²) in [4.78, 5) is 35.4. The van der Waals surface area contributed by atoms with Gasteiger partial charge in [-0.05, 0) is 24.1 Å². The Hall–Kier alpha value is -3.61. The van der Waals surface area contributed by atoms with Crippen molar-refractivity contribution in [2.24, 2.45) is 5.73 Å². The zero-order valence-corrected chi connectivity index (χ0v) is 15.4. The Morgan fingerprint density at radius 1 is 1.07 bits per heavy atom. The van der Waals surface area contributed by atoms with E-state index in [2.05, 4.69) is 5.32 Å². The number of primary amides is 1. The van der Waals surface area contributed by atoms with Crippen LogP contribution < -0.4 is 11.1 Å². The summed E-state index contributed by atoms with van der Waals surface area (Å²) >= 11 is 0. The van der Waals surface area contributed by atoms with E-state index in [-0.39, 0.29) is 12.1 Å². The number of carboxylic acids is 1. The zero-order chi connectivity index (χ0) is 20.3. The second-order valence-corrected chi connectivity index (χ2v) is 6.39. The van der Waals surface area contributed by atoms with Crippen LogP contribution in [0, 0.1) is 0 Å². The highest BCUT2D eigenvalue weighted by molar-refractivity contribution is 6.45. The minimum Gasteiger partial charge on any atom is -0.480 e. The number of hydrogen-bond acceptors (Lipinski definition) is 4. The summed E-state index contributed by atoms with van der Waals surface area (Å²) in [5, 5.41) is 12.4. The lowest BCUT2D eigenvalue weighted by Gasteiger charge is -2.11. The topological polar surface area (TPSA) is 114 Å². The first kappa shape index (κ1) is 19.2. The van der Waals surface area contributed by atoms with Crippen LogP contribution in [0.4, 0.5) is 5.69 Å². The molecule has 1 amide bonds.